The third-order valence-electron chi connectivity index (χ3n) is 3.15. The maximum Gasteiger partial charge on any atom is 0.338 e. The van der Waals surface area contributed by atoms with Crippen molar-refractivity contribution < 1.29 is 14.5 Å². The summed E-state index contributed by atoms with van der Waals surface area (Å²) in [6, 6.07) is 2.99. The van der Waals surface area contributed by atoms with Crippen LogP contribution >= 0.6 is 11.8 Å². The number of nitro groups is 1. The fourth-order valence-electron chi connectivity index (χ4n) is 1.59. The van der Waals surface area contributed by atoms with E-state index in [1.54, 1.807) is 13.0 Å². The molecular weight excluding hydrogens is 278 g/mol. The van der Waals surface area contributed by atoms with E-state index in [1.165, 1.54) is 24.9 Å². The molecule has 0 N–H and O–H groups in total. The van der Waals surface area contributed by atoms with Crippen LogP contribution in [0.4, 0.5) is 5.69 Å². The molecule has 0 amide bonds. The van der Waals surface area contributed by atoms with E-state index in [0.29, 0.717) is 10.5 Å². The maximum absolute atomic E-state index is 11.6. The molecule has 0 bridgehead atoms. The van der Waals surface area contributed by atoms with Crippen LogP contribution in [-0.2, 0) is 4.74 Å². The van der Waals surface area contributed by atoms with Crippen LogP contribution in [0.5, 0.6) is 0 Å². The molecule has 6 heteroatoms. The van der Waals surface area contributed by atoms with Crippen LogP contribution in [0.25, 0.3) is 0 Å². The zero-order valence-corrected chi connectivity index (χ0v) is 13.2. The SMILES string of the molecule is CCC(C)(C)Sc1cc(C)c(C(=O)OC)cc1[N+](=O)[O-]. The molecule has 0 fully saturated rings. The number of ether oxygens (including phenoxy) is 1. The number of nitro benzene ring substituents is 1. The second-order valence-corrected chi connectivity index (χ2v) is 6.85. The third-order valence-corrected chi connectivity index (χ3v) is 4.53. The fourth-order valence-corrected chi connectivity index (χ4v) is 2.81. The fraction of sp³-hybridized carbons (Fsp3) is 0.500. The van der Waals surface area contributed by atoms with Gasteiger partial charge in [0.15, 0.2) is 0 Å². The van der Waals surface area contributed by atoms with E-state index < -0.39 is 10.9 Å². The zero-order chi connectivity index (χ0) is 15.5. The van der Waals surface area contributed by atoms with Crippen LogP contribution < -0.4 is 0 Å². The first-order chi connectivity index (χ1) is 9.21. The number of aryl methyl sites for hydroxylation is 1. The average molecular weight is 297 g/mol. The Balaban J connectivity index is 3.35. The van der Waals surface area contributed by atoms with Gasteiger partial charge in [-0.3, -0.25) is 10.1 Å². The van der Waals surface area contributed by atoms with Crippen molar-refractivity contribution in [3.8, 4) is 0 Å². The van der Waals surface area contributed by atoms with Crippen molar-refractivity contribution in [1.82, 2.24) is 0 Å². The van der Waals surface area contributed by atoms with Gasteiger partial charge in [-0.15, -0.1) is 11.8 Å². The molecule has 5 nitrogen and oxygen atoms in total. The molecule has 0 spiro atoms. The zero-order valence-electron chi connectivity index (χ0n) is 12.4. The van der Waals surface area contributed by atoms with Gasteiger partial charge in [0, 0.05) is 10.8 Å². The summed E-state index contributed by atoms with van der Waals surface area (Å²) < 4.78 is 4.54. The van der Waals surface area contributed by atoms with Gasteiger partial charge in [0.05, 0.1) is 22.5 Å². The maximum atomic E-state index is 11.6. The lowest BCUT2D eigenvalue weighted by Gasteiger charge is -2.22. The highest BCUT2D eigenvalue weighted by molar-refractivity contribution is 8.00. The summed E-state index contributed by atoms with van der Waals surface area (Å²) in [5, 5.41) is 11.2. The van der Waals surface area contributed by atoms with Crippen molar-refractivity contribution in [3.05, 3.63) is 33.4 Å². The van der Waals surface area contributed by atoms with E-state index >= 15 is 0 Å². The predicted molar refractivity (Wildman–Crippen MR) is 79.4 cm³/mol. The van der Waals surface area contributed by atoms with E-state index in [0.717, 1.165) is 6.42 Å². The molecule has 110 valence electrons. The highest BCUT2D eigenvalue weighted by Crippen LogP contribution is 2.41. The standard InChI is InChI=1S/C14H19NO4S/c1-6-14(3,4)20-12-7-9(2)10(13(16)19-5)8-11(12)15(17)18/h7-8H,6H2,1-5H3. The average Bonchev–Trinajstić information content (AvgIpc) is 2.37. The van der Waals surface area contributed by atoms with Gasteiger partial charge in [-0.1, -0.05) is 20.8 Å². The normalized spacial score (nSPS) is 11.2. The van der Waals surface area contributed by atoms with E-state index in [1.807, 2.05) is 20.8 Å². The van der Waals surface area contributed by atoms with Crippen LogP contribution in [0.1, 0.15) is 43.1 Å². The van der Waals surface area contributed by atoms with Gasteiger partial charge in [-0.2, -0.15) is 0 Å². The van der Waals surface area contributed by atoms with Gasteiger partial charge < -0.3 is 4.74 Å². The minimum absolute atomic E-state index is 0.0532. The number of thioether (sulfide) groups is 1. The predicted octanol–water partition coefficient (Wildman–Crippen LogP) is 3.97. The van der Waals surface area contributed by atoms with Gasteiger partial charge >= 0.3 is 5.97 Å². The Morgan fingerprint density at radius 1 is 1.45 bits per heavy atom. The molecule has 0 atom stereocenters. The molecule has 1 rings (SSSR count). The Kier molecular flexibility index (Phi) is 5.16. The van der Waals surface area contributed by atoms with Crippen LogP contribution in [-0.4, -0.2) is 22.7 Å². The topological polar surface area (TPSA) is 69.4 Å². The summed E-state index contributed by atoms with van der Waals surface area (Å²) in [5.41, 5.74) is 0.859. The van der Waals surface area contributed by atoms with Gasteiger partial charge in [-0.05, 0) is 25.0 Å². The highest BCUT2D eigenvalue weighted by Gasteiger charge is 2.26. The van der Waals surface area contributed by atoms with Crippen molar-refractivity contribution in [3.63, 3.8) is 0 Å². The first kappa shape index (κ1) is 16.5. The van der Waals surface area contributed by atoms with Crippen molar-refractivity contribution in [2.24, 2.45) is 0 Å². The van der Waals surface area contributed by atoms with E-state index in [-0.39, 0.29) is 16.0 Å². The number of hydrogen-bond donors (Lipinski definition) is 0. The van der Waals surface area contributed by atoms with Crippen molar-refractivity contribution >= 4 is 23.4 Å². The molecule has 1 aromatic rings. The lowest BCUT2D eigenvalue weighted by atomic mass is 10.1. The lowest BCUT2D eigenvalue weighted by molar-refractivity contribution is -0.387. The smallest absolute Gasteiger partial charge is 0.338 e. The second-order valence-electron chi connectivity index (χ2n) is 5.10. The number of methoxy groups -OCH3 is 1. The van der Waals surface area contributed by atoms with Gasteiger partial charge in [0.25, 0.3) is 5.69 Å². The number of esters is 1. The van der Waals surface area contributed by atoms with Gasteiger partial charge in [0.2, 0.25) is 0 Å². The first-order valence-corrected chi connectivity index (χ1v) is 7.10. The molecule has 0 aliphatic heterocycles. The summed E-state index contributed by atoms with van der Waals surface area (Å²) in [5.74, 6) is -0.558. The Hall–Kier alpha value is -1.56. The molecule has 0 unspecified atom stereocenters. The molecule has 20 heavy (non-hydrogen) atoms. The Labute approximate surface area is 122 Å². The first-order valence-electron chi connectivity index (χ1n) is 6.28. The number of benzene rings is 1. The Morgan fingerprint density at radius 2 is 2.05 bits per heavy atom. The van der Waals surface area contributed by atoms with Crippen molar-refractivity contribution in [2.75, 3.05) is 7.11 Å². The summed E-state index contributed by atoms with van der Waals surface area (Å²) in [6.45, 7) is 7.85. The largest absolute Gasteiger partial charge is 0.465 e. The number of carbonyl (C=O) groups excluding carboxylic acids is 1. The second kappa shape index (κ2) is 6.26. The van der Waals surface area contributed by atoms with E-state index in [2.05, 4.69) is 4.74 Å². The molecule has 0 aliphatic carbocycles. The van der Waals surface area contributed by atoms with Crippen molar-refractivity contribution in [1.29, 1.82) is 0 Å². The molecule has 0 saturated carbocycles. The van der Waals surface area contributed by atoms with Crippen LogP contribution in [0, 0.1) is 17.0 Å². The minimum Gasteiger partial charge on any atom is -0.465 e. The Bertz CT molecular complexity index is 540. The van der Waals surface area contributed by atoms with E-state index in [4.69, 9.17) is 0 Å². The molecule has 0 aromatic heterocycles. The molecule has 0 aliphatic rings. The summed E-state index contributed by atoms with van der Waals surface area (Å²) in [4.78, 5) is 22.9. The van der Waals surface area contributed by atoms with Crippen LogP contribution in [0.15, 0.2) is 17.0 Å². The molecule has 0 radical (unpaired) electrons. The van der Waals surface area contributed by atoms with Crippen LogP contribution in [0.3, 0.4) is 0 Å². The molecular formula is C14H19NO4S. The summed E-state index contributed by atoms with van der Waals surface area (Å²) in [7, 11) is 1.26. The van der Waals surface area contributed by atoms with E-state index in [9.17, 15) is 14.9 Å². The number of rotatable bonds is 5. The highest BCUT2D eigenvalue weighted by atomic mass is 32.2. The van der Waals surface area contributed by atoms with Gasteiger partial charge in [-0.25, -0.2) is 4.79 Å². The molecule has 0 heterocycles. The number of nitrogens with zero attached hydrogens (tertiary/aromatic N) is 1. The number of hydrogen-bond acceptors (Lipinski definition) is 5. The van der Waals surface area contributed by atoms with Crippen LogP contribution in [0.2, 0.25) is 0 Å². The monoisotopic (exact) mass is 297 g/mol. The van der Waals surface area contributed by atoms with Crippen molar-refractivity contribution in [2.45, 2.75) is 43.8 Å². The molecule has 1 aromatic carbocycles. The lowest BCUT2D eigenvalue weighted by Crippen LogP contribution is -2.13. The summed E-state index contributed by atoms with van der Waals surface area (Å²) in [6.07, 6.45) is 0.882. The van der Waals surface area contributed by atoms with Gasteiger partial charge in [0.1, 0.15) is 0 Å². The summed E-state index contributed by atoms with van der Waals surface area (Å²) >= 11 is 1.45. The number of carbonyl (C=O) groups is 1. The molecule has 0 saturated heterocycles. The Morgan fingerprint density at radius 3 is 2.50 bits per heavy atom. The minimum atomic E-state index is -0.558. The third kappa shape index (κ3) is 3.72. The quantitative estimate of drug-likeness (QED) is 0.356.